The first kappa shape index (κ1) is 35.3. The van der Waals surface area contributed by atoms with Gasteiger partial charge in [0.05, 0.1) is 0 Å². The molecule has 0 aromatic heterocycles. The summed E-state index contributed by atoms with van der Waals surface area (Å²) in [5.74, 6) is -0.0507. The maximum atomic E-state index is 11.1. The molecular weight excluding hydrogens is 675 g/mol. The van der Waals surface area contributed by atoms with Gasteiger partial charge < -0.3 is 0 Å². The number of unbranched alkanes of at least 4 members (excludes halogenated alkanes) is 10. The molecule has 0 radical (unpaired) electrons. The van der Waals surface area contributed by atoms with Crippen molar-refractivity contribution in [3.8, 4) is 0 Å². The second kappa shape index (κ2) is 24.1. The van der Waals surface area contributed by atoms with Crippen LogP contribution in [0.2, 0.25) is 22.2 Å². The topological polar surface area (TPSA) is 26.3 Å². The van der Waals surface area contributed by atoms with Crippen molar-refractivity contribution in [1.29, 1.82) is 0 Å². The number of carbonyl (C=O) groups excluding carboxylic acids is 1. The summed E-state index contributed by atoms with van der Waals surface area (Å²) in [4.78, 5) is 11.1. The predicted molar refractivity (Wildman–Crippen MR) is 168 cm³/mol. The Morgan fingerprint density at radius 1 is 0.676 bits per heavy atom. The third kappa shape index (κ3) is 16.9. The molecule has 4 heteroatoms. The molecule has 0 N–H and O–H groups in total. The van der Waals surface area contributed by atoms with E-state index in [4.69, 9.17) is 4.74 Å². The zero-order chi connectivity index (χ0) is 27.0. The van der Waals surface area contributed by atoms with Crippen molar-refractivity contribution in [3.05, 3.63) is 29.8 Å². The number of aryl methyl sites for hydroxylation is 1. The molecule has 1 aromatic carbocycles. The van der Waals surface area contributed by atoms with Gasteiger partial charge in [-0.2, -0.15) is 0 Å². The average molecular weight is 735 g/mol. The minimum absolute atomic E-state index is 0.0507. The van der Waals surface area contributed by atoms with Crippen molar-refractivity contribution >= 4 is 48.8 Å². The summed E-state index contributed by atoms with van der Waals surface area (Å²) in [6.45, 7) is 7.13. The molecule has 1 aromatic rings. The molecular formula is C33H60O2SnTe. The van der Waals surface area contributed by atoms with E-state index in [2.05, 4.69) is 45.0 Å². The number of hydrogen-bond donors (Lipinski definition) is 0. The molecule has 2 nitrogen and oxygen atoms in total. The Morgan fingerprint density at radius 2 is 1.16 bits per heavy atom. The molecule has 0 fully saturated rings. The molecule has 0 atom stereocenters. The van der Waals surface area contributed by atoms with E-state index in [1.54, 1.807) is 18.9 Å². The van der Waals surface area contributed by atoms with Gasteiger partial charge >= 0.3 is 247 Å². The number of hydrogen-bond acceptors (Lipinski definition) is 2. The van der Waals surface area contributed by atoms with E-state index in [-0.39, 0.29) is 26.9 Å². The standard InChI is InChI=1S/C21H33O2Te.3C4H9.Sn/c1-23-21(22)17-11-13-19-24-18-12-6-4-2-3-5-8-14-20-15-9-7-10-16-20;3*1-3-4-2;/h9-10,15-16H,2-6,8,11-14,17-19H2,1H3;3*1,3-4H2,2H3;. The summed E-state index contributed by atoms with van der Waals surface area (Å²) < 4.78 is 14.1. The average Bonchev–Trinajstić information content (AvgIpc) is 2.93. The molecule has 0 saturated carbocycles. The van der Waals surface area contributed by atoms with Gasteiger partial charge in [-0.3, -0.25) is 0 Å². The zero-order valence-corrected chi connectivity index (χ0v) is 30.3. The molecule has 0 aliphatic heterocycles. The van der Waals surface area contributed by atoms with E-state index in [1.165, 1.54) is 112 Å². The molecule has 37 heavy (non-hydrogen) atoms. The Bertz CT molecular complexity index is 639. The van der Waals surface area contributed by atoms with Gasteiger partial charge in [-0.15, -0.1) is 0 Å². The molecule has 0 heterocycles. The van der Waals surface area contributed by atoms with Crippen LogP contribution in [0, 0.1) is 0 Å². The Balaban J connectivity index is 2.23. The van der Waals surface area contributed by atoms with Gasteiger partial charge in [-0.25, -0.2) is 0 Å². The first-order chi connectivity index (χ1) is 18.1. The van der Waals surface area contributed by atoms with Crippen LogP contribution in [-0.2, 0) is 16.0 Å². The molecule has 0 bridgehead atoms. The molecule has 0 saturated heterocycles. The predicted octanol–water partition coefficient (Wildman–Crippen LogP) is 9.90. The number of carbonyl (C=O) groups is 1. The SMILES string of the molecule is CCC[CH2][Sn]([CH2]CCC)([CH2]CCC)[c]1ccc(CCCCCCCCC[Te]CCCCC(=O)OC)cc1. The zero-order valence-electron chi connectivity index (χ0n) is 25.1. The van der Waals surface area contributed by atoms with Crippen LogP contribution in [0.5, 0.6) is 0 Å². The van der Waals surface area contributed by atoms with Crippen LogP contribution in [0.4, 0.5) is 0 Å². The normalized spacial score (nSPS) is 11.7. The number of ether oxygens (including phenoxy) is 1. The van der Waals surface area contributed by atoms with Gasteiger partial charge in [0.25, 0.3) is 0 Å². The minimum atomic E-state index is -2.25. The van der Waals surface area contributed by atoms with Crippen molar-refractivity contribution in [2.75, 3.05) is 7.11 Å². The van der Waals surface area contributed by atoms with E-state index in [0.717, 1.165) is 6.42 Å². The van der Waals surface area contributed by atoms with Crippen LogP contribution < -0.4 is 3.58 Å². The molecule has 1 rings (SSSR count). The van der Waals surface area contributed by atoms with Crippen molar-refractivity contribution in [3.63, 3.8) is 0 Å². The van der Waals surface area contributed by atoms with E-state index in [1.807, 2.05) is 3.58 Å². The molecule has 214 valence electrons. The van der Waals surface area contributed by atoms with Crippen LogP contribution in [0.3, 0.4) is 0 Å². The summed E-state index contributed by atoms with van der Waals surface area (Å²) in [6.07, 6.45) is 22.4. The van der Waals surface area contributed by atoms with Crippen LogP contribution in [0.1, 0.15) is 129 Å². The van der Waals surface area contributed by atoms with E-state index < -0.39 is 18.4 Å². The molecule has 0 aliphatic carbocycles. The fraction of sp³-hybridized carbons (Fsp3) is 0.788. The number of rotatable bonds is 25. The Hall–Kier alpha value is 0.278. The first-order valence-corrected chi connectivity index (χ1v) is 26.6. The quantitative estimate of drug-likeness (QED) is 0.0568. The van der Waals surface area contributed by atoms with E-state index >= 15 is 0 Å². The van der Waals surface area contributed by atoms with E-state index in [9.17, 15) is 4.79 Å². The third-order valence-electron chi connectivity index (χ3n) is 7.99. The van der Waals surface area contributed by atoms with Crippen molar-refractivity contribution < 1.29 is 9.53 Å². The van der Waals surface area contributed by atoms with Crippen molar-refractivity contribution in [2.24, 2.45) is 0 Å². The Labute approximate surface area is 245 Å². The number of benzene rings is 1. The molecule has 0 amide bonds. The number of esters is 1. The summed E-state index contributed by atoms with van der Waals surface area (Å²) >= 11 is -2.06. The maximum absolute atomic E-state index is 11.1. The van der Waals surface area contributed by atoms with Crippen LogP contribution >= 0.6 is 0 Å². The summed E-state index contributed by atoms with van der Waals surface area (Å²) in [5, 5.41) is 0. The Morgan fingerprint density at radius 3 is 1.68 bits per heavy atom. The molecule has 0 unspecified atom stereocenters. The fourth-order valence-electron chi connectivity index (χ4n) is 5.47. The molecule has 0 spiro atoms. The number of methoxy groups -OCH3 is 1. The van der Waals surface area contributed by atoms with Gasteiger partial charge in [-0.05, 0) is 0 Å². The monoisotopic (exact) mass is 738 g/mol. The summed E-state index contributed by atoms with van der Waals surface area (Å²) in [7, 11) is 1.48. The van der Waals surface area contributed by atoms with Gasteiger partial charge in [0.2, 0.25) is 0 Å². The third-order valence-corrected chi connectivity index (χ3v) is 27.0. The van der Waals surface area contributed by atoms with Crippen molar-refractivity contribution in [1.82, 2.24) is 0 Å². The summed E-state index contributed by atoms with van der Waals surface area (Å²) in [5.41, 5.74) is 1.57. The Kier molecular flexibility index (Phi) is 23.0. The van der Waals surface area contributed by atoms with Crippen LogP contribution in [0.25, 0.3) is 0 Å². The summed E-state index contributed by atoms with van der Waals surface area (Å²) in [6, 6.07) is 10.2. The van der Waals surface area contributed by atoms with Crippen molar-refractivity contribution in [2.45, 2.75) is 152 Å². The second-order valence-corrected chi connectivity index (χ2v) is 27.9. The second-order valence-electron chi connectivity index (χ2n) is 11.2. The van der Waals surface area contributed by atoms with Gasteiger partial charge in [-0.1, -0.05) is 0 Å². The van der Waals surface area contributed by atoms with Gasteiger partial charge in [0.15, 0.2) is 0 Å². The van der Waals surface area contributed by atoms with Crippen LogP contribution in [-0.4, -0.2) is 52.4 Å². The first-order valence-electron chi connectivity index (χ1n) is 15.9. The molecule has 0 aliphatic rings. The van der Waals surface area contributed by atoms with Crippen LogP contribution in [0.15, 0.2) is 24.3 Å². The van der Waals surface area contributed by atoms with Gasteiger partial charge in [0.1, 0.15) is 0 Å². The fourth-order valence-corrected chi connectivity index (χ4v) is 24.3. The van der Waals surface area contributed by atoms with Gasteiger partial charge in [0, 0.05) is 0 Å². The van der Waals surface area contributed by atoms with E-state index in [0.29, 0.717) is 6.42 Å².